The maximum atomic E-state index is 4.66. The second kappa shape index (κ2) is 5.97. The summed E-state index contributed by atoms with van der Waals surface area (Å²) in [5, 5.41) is 9.90. The molecule has 6 heteroatoms. The molecule has 1 aliphatic carbocycles. The van der Waals surface area contributed by atoms with Gasteiger partial charge in [0.25, 0.3) is 0 Å². The highest BCUT2D eigenvalue weighted by atomic mass is 32.1. The standard InChI is InChI=1S/C15H21N5S/c1-4-16-12-7-13(20-14(19-12)11-5-6-11)18-10(3)15-17-9(2)8-21-15/h7-8,10-11H,4-6H2,1-3H3,(H2,16,18,19,20). The summed E-state index contributed by atoms with van der Waals surface area (Å²) in [6.45, 7) is 7.07. The highest BCUT2D eigenvalue weighted by Crippen LogP contribution is 2.39. The molecule has 5 nitrogen and oxygen atoms in total. The number of hydrogen-bond acceptors (Lipinski definition) is 6. The van der Waals surface area contributed by atoms with Crippen LogP contribution in [0.4, 0.5) is 11.6 Å². The molecular weight excluding hydrogens is 282 g/mol. The molecule has 0 amide bonds. The van der Waals surface area contributed by atoms with Gasteiger partial charge in [0.05, 0.1) is 6.04 Å². The van der Waals surface area contributed by atoms with Crippen molar-refractivity contribution in [3.05, 3.63) is 28.0 Å². The minimum Gasteiger partial charge on any atom is -0.370 e. The van der Waals surface area contributed by atoms with Crippen LogP contribution in [0.3, 0.4) is 0 Å². The normalized spacial score (nSPS) is 15.8. The summed E-state index contributed by atoms with van der Waals surface area (Å²) < 4.78 is 0. The van der Waals surface area contributed by atoms with Crippen LogP contribution >= 0.6 is 11.3 Å². The number of nitrogens with one attached hydrogen (secondary N) is 2. The third-order valence-corrected chi connectivity index (χ3v) is 4.56. The van der Waals surface area contributed by atoms with Crippen molar-refractivity contribution in [3.63, 3.8) is 0 Å². The van der Waals surface area contributed by atoms with Crippen molar-refractivity contribution in [1.82, 2.24) is 15.0 Å². The van der Waals surface area contributed by atoms with Crippen LogP contribution in [-0.2, 0) is 0 Å². The first kappa shape index (κ1) is 14.3. The fraction of sp³-hybridized carbons (Fsp3) is 0.533. The second-order valence-electron chi connectivity index (χ2n) is 5.49. The van der Waals surface area contributed by atoms with E-state index in [4.69, 9.17) is 0 Å². The summed E-state index contributed by atoms with van der Waals surface area (Å²) >= 11 is 1.68. The molecule has 21 heavy (non-hydrogen) atoms. The first-order valence-electron chi connectivity index (χ1n) is 7.47. The molecule has 1 atom stereocenters. The third-order valence-electron chi connectivity index (χ3n) is 3.42. The average molecular weight is 303 g/mol. The Morgan fingerprint density at radius 1 is 1.29 bits per heavy atom. The van der Waals surface area contributed by atoms with Gasteiger partial charge in [-0.25, -0.2) is 15.0 Å². The molecule has 1 unspecified atom stereocenters. The van der Waals surface area contributed by atoms with E-state index >= 15 is 0 Å². The maximum Gasteiger partial charge on any atom is 0.136 e. The van der Waals surface area contributed by atoms with Crippen molar-refractivity contribution < 1.29 is 0 Å². The second-order valence-corrected chi connectivity index (χ2v) is 6.38. The Morgan fingerprint density at radius 2 is 2.05 bits per heavy atom. The molecule has 0 radical (unpaired) electrons. The first-order valence-corrected chi connectivity index (χ1v) is 8.35. The van der Waals surface area contributed by atoms with Gasteiger partial charge in [-0.05, 0) is 33.6 Å². The molecule has 0 saturated heterocycles. The molecule has 1 saturated carbocycles. The Hall–Kier alpha value is -1.69. The zero-order valence-electron chi connectivity index (χ0n) is 12.7. The molecular formula is C15H21N5S. The van der Waals surface area contributed by atoms with Gasteiger partial charge in [0.1, 0.15) is 22.5 Å². The van der Waals surface area contributed by atoms with E-state index < -0.39 is 0 Å². The van der Waals surface area contributed by atoms with E-state index in [9.17, 15) is 0 Å². The molecule has 112 valence electrons. The van der Waals surface area contributed by atoms with E-state index in [0.717, 1.165) is 34.7 Å². The molecule has 0 aliphatic heterocycles. The van der Waals surface area contributed by atoms with Crippen molar-refractivity contribution >= 4 is 23.0 Å². The van der Waals surface area contributed by atoms with E-state index in [0.29, 0.717) is 5.92 Å². The van der Waals surface area contributed by atoms with Crippen LogP contribution in [0, 0.1) is 6.92 Å². The smallest absolute Gasteiger partial charge is 0.136 e. The highest BCUT2D eigenvalue weighted by molar-refractivity contribution is 7.09. The predicted molar refractivity (Wildman–Crippen MR) is 87.1 cm³/mol. The highest BCUT2D eigenvalue weighted by Gasteiger charge is 2.27. The fourth-order valence-electron chi connectivity index (χ4n) is 2.19. The lowest BCUT2D eigenvalue weighted by Gasteiger charge is -2.14. The van der Waals surface area contributed by atoms with E-state index in [1.54, 1.807) is 11.3 Å². The number of thiazole rings is 1. The SMILES string of the molecule is CCNc1cc(NC(C)c2nc(C)cs2)nc(C2CC2)n1. The number of hydrogen-bond donors (Lipinski definition) is 2. The maximum absolute atomic E-state index is 4.66. The molecule has 2 aromatic rings. The van der Waals surface area contributed by atoms with Crippen LogP contribution in [0.15, 0.2) is 11.4 Å². The molecule has 0 spiro atoms. The van der Waals surface area contributed by atoms with Crippen molar-refractivity contribution in [1.29, 1.82) is 0 Å². The summed E-state index contributed by atoms with van der Waals surface area (Å²) in [5.41, 5.74) is 1.07. The van der Waals surface area contributed by atoms with Gasteiger partial charge >= 0.3 is 0 Å². The topological polar surface area (TPSA) is 62.7 Å². The van der Waals surface area contributed by atoms with E-state index in [2.05, 4.69) is 44.8 Å². The summed E-state index contributed by atoms with van der Waals surface area (Å²) in [5.74, 6) is 3.28. The van der Waals surface area contributed by atoms with Crippen molar-refractivity contribution in [2.24, 2.45) is 0 Å². The Labute approximate surface area is 129 Å². The lowest BCUT2D eigenvalue weighted by Crippen LogP contribution is -2.11. The van der Waals surface area contributed by atoms with Gasteiger partial charge in [-0.2, -0.15) is 0 Å². The van der Waals surface area contributed by atoms with Gasteiger partial charge in [0, 0.05) is 29.6 Å². The van der Waals surface area contributed by atoms with E-state index in [-0.39, 0.29) is 6.04 Å². The molecule has 3 rings (SSSR count). The number of anilines is 2. The number of aromatic nitrogens is 3. The average Bonchev–Trinajstić information content (AvgIpc) is 3.21. The minimum absolute atomic E-state index is 0.153. The summed E-state index contributed by atoms with van der Waals surface area (Å²) in [4.78, 5) is 13.8. The molecule has 2 aromatic heterocycles. The Morgan fingerprint density at radius 3 is 2.67 bits per heavy atom. The Balaban J connectivity index is 1.80. The number of rotatable bonds is 6. The summed E-state index contributed by atoms with van der Waals surface area (Å²) in [6.07, 6.45) is 2.41. The zero-order valence-corrected chi connectivity index (χ0v) is 13.5. The van der Waals surface area contributed by atoms with Gasteiger partial charge < -0.3 is 10.6 Å². The number of aryl methyl sites for hydroxylation is 1. The molecule has 0 aromatic carbocycles. The lowest BCUT2D eigenvalue weighted by molar-refractivity contribution is 0.840. The van der Waals surface area contributed by atoms with Crippen LogP contribution in [0.25, 0.3) is 0 Å². The van der Waals surface area contributed by atoms with Gasteiger partial charge in [-0.15, -0.1) is 11.3 Å². The predicted octanol–water partition coefficient (Wildman–Crippen LogP) is 3.72. The van der Waals surface area contributed by atoms with Crippen molar-refractivity contribution in [2.75, 3.05) is 17.2 Å². The van der Waals surface area contributed by atoms with Gasteiger partial charge in [0.15, 0.2) is 0 Å². The Bertz CT molecular complexity index is 620. The van der Waals surface area contributed by atoms with E-state index in [1.165, 1.54) is 12.8 Å². The summed E-state index contributed by atoms with van der Waals surface area (Å²) in [6, 6.07) is 2.13. The van der Waals surface area contributed by atoms with E-state index in [1.807, 2.05) is 13.0 Å². The van der Waals surface area contributed by atoms with Crippen molar-refractivity contribution in [3.8, 4) is 0 Å². The first-order chi connectivity index (χ1) is 10.2. The van der Waals surface area contributed by atoms with Gasteiger partial charge in [-0.3, -0.25) is 0 Å². The van der Waals surface area contributed by atoms with Crippen molar-refractivity contribution in [2.45, 2.75) is 45.6 Å². The van der Waals surface area contributed by atoms with Crippen LogP contribution in [0.1, 0.15) is 55.2 Å². The van der Waals surface area contributed by atoms with Gasteiger partial charge in [-0.1, -0.05) is 0 Å². The minimum atomic E-state index is 0.153. The fourth-order valence-corrected chi connectivity index (χ4v) is 2.99. The lowest BCUT2D eigenvalue weighted by atomic mass is 10.3. The van der Waals surface area contributed by atoms with Crippen LogP contribution in [0.2, 0.25) is 0 Å². The van der Waals surface area contributed by atoms with Gasteiger partial charge in [0.2, 0.25) is 0 Å². The molecule has 1 aliphatic rings. The molecule has 1 fully saturated rings. The summed E-state index contributed by atoms with van der Waals surface area (Å²) in [7, 11) is 0. The Kier molecular flexibility index (Phi) is 4.05. The molecule has 2 heterocycles. The van der Waals surface area contributed by atoms with Crippen LogP contribution < -0.4 is 10.6 Å². The van der Waals surface area contributed by atoms with Crippen LogP contribution in [0.5, 0.6) is 0 Å². The van der Waals surface area contributed by atoms with Crippen LogP contribution in [-0.4, -0.2) is 21.5 Å². The number of nitrogens with zero attached hydrogens (tertiary/aromatic N) is 3. The molecule has 0 bridgehead atoms. The molecule has 2 N–H and O–H groups in total. The quantitative estimate of drug-likeness (QED) is 0.851. The monoisotopic (exact) mass is 303 g/mol. The third kappa shape index (κ3) is 3.50. The zero-order chi connectivity index (χ0) is 14.8. The largest absolute Gasteiger partial charge is 0.370 e.